The van der Waals surface area contributed by atoms with E-state index < -0.39 is 46.9 Å². The highest BCUT2D eigenvalue weighted by Gasteiger charge is 2.41. The lowest BCUT2D eigenvalue weighted by Gasteiger charge is -2.42. The Morgan fingerprint density at radius 3 is 2.61 bits per heavy atom. The van der Waals surface area contributed by atoms with Gasteiger partial charge in [-0.3, -0.25) is 19.6 Å². The molecule has 2 aromatic heterocycles. The number of aryl methyl sites for hydroxylation is 1. The average molecular weight is 811 g/mol. The van der Waals surface area contributed by atoms with E-state index in [1.807, 2.05) is 24.4 Å². The third kappa shape index (κ3) is 9.45. The van der Waals surface area contributed by atoms with Crippen molar-refractivity contribution >= 4 is 35.1 Å². The second-order valence-electron chi connectivity index (χ2n) is 17.2. The Bertz CT molecular complexity index is 2200. The van der Waals surface area contributed by atoms with Crippen LogP contribution in [0.3, 0.4) is 0 Å². The number of aldehydes is 1. The Balaban J connectivity index is 1.51. The molecule has 3 amide bonds. The van der Waals surface area contributed by atoms with Crippen molar-refractivity contribution < 1.29 is 38.5 Å². The molecular weight excluding hydrogens is 753 g/mol. The summed E-state index contributed by atoms with van der Waals surface area (Å²) in [7, 11) is 4.73. The van der Waals surface area contributed by atoms with Gasteiger partial charge in [0, 0.05) is 69.6 Å². The van der Waals surface area contributed by atoms with Gasteiger partial charge in [0.25, 0.3) is 11.8 Å². The lowest BCUT2D eigenvalue weighted by Crippen LogP contribution is -2.66. The minimum absolute atomic E-state index is 0.00884. The highest BCUT2D eigenvalue weighted by molar-refractivity contribution is 5.95. The summed E-state index contributed by atoms with van der Waals surface area (Å²) in [4.78, 5) is 59.7. The van der Waals surface area contributed by atoms with Crippen LogP contribution in [0, 0.1) is 11.3 Å². The number of phenols is 1. The van der Waals surface area contributed by atoms with E-state index in [1.165, 1.54) is 24.0 Å². The molecule has 6 rings (SSSR count). The number of carbonyl (C=O) groups excluding carboxylic acids is 4. The molecule has 2 aliphatic heterocycles. The van der Waals surface area contributed by atoms with Gasteiger partial charge in [-0.15, -0.1) is 0 Å². The fourth-order valence-electron chi connectivity index (χ4n) is 8.24. The highest BCUT2D eigenvalue weighted by Crippen LogP contribution is 2.41. The first kappa shape index (κ1) is 43.3. The number of hydrogen-bond donors (Lipinski definition) is 3. The molecule has 4 heterocycles. The molecule has 0 radical (unpaired) electrons. The maximum Gasteiger partial charge on any atom is 0.410 e. The van der Waals surface area contributed by atoms with Crippen LogP contribution in [0.2, 0.25) is 0 Å². The number of methoxy groups -OCH3 is 1. The number of fused-ring (bicyclic) bond motifs is 6. The fourth-order valence-corrected chi connectivity index (χ4v) is 8.24. The number of nitrogens with zero attached hydrogens (tertiary/aromatic N) is 4. The number of hydrogen-bond acceptors (Lipinski definition) is 10. The molecule has 14 heteroatoms. The largest absolute Gasteiger partial charge is 0.508 e. The summed E-state index contributed by atoms with van der Waals surface area (Å²) in [6.07, 6.45) is 4.13. The zero-order valence-electron chi connectivity index (χ0n) is 35.5. The summed E-state index contributed by atoms with van der Waals surface area (Å²) in [5.74, 6) is -1.55. The summed E-state index contributed by atoms with van der Waals surface area (Å²) < 4.78 is 19.9. The van der Waals surface area contributed by atoms with Crippen LogP contribution in [-0.2, 0) is 54.6 Å². The zero-order chi connectivity index (χ0) is 42.6. The van der Waals surface area contributed by atoms with Crippen LogP contribution >= 0.6 is 0 Å². The van der Waals surface area contributed by atoms with E-state index in [2.05, 4.69) is 53.2 Å². The molecule has 2 aromatic carbocycles. The molecule has 6 bridgehead atoms. The van der Waals surface area contributed by atoms with Crippen molar-refractivity contribution in [3.63, 3.8) is 0 Å². The molecule has 2 aliphatic rings. The standard InChI is InChI=1S/C45H58N6O8/c1-9-50-38-12-11-30-21-34(38)35(39(50)36-23-46-15-13-31(36)24-57-8)22-44(4,5)26-58-27-45(25-52)14-10-16-51(48-45)42(55)37(19-29-17-32(30)20-33(53)18-29)47-41(54)40(28(2)3)59-43(56)49(6)7/h11-13,15,17-18,20-21,23,25,28,37,40,48,53H,9-10,14,16,19,22,24,26-27H2,1-8H3,(H,47,54)/t37-,40-,45?/m0/s1. The second-order valence-corrected chi connectivity index (χ2v) is 17.2. The molecule has 316 valence electrons. The number of aromatic nitrogens is 2. The Hall–Kier alpha value is -5.31. The van der Waals surface area contributed by atoms with Crippen molar-refractivity contribution in [1.82, 2.24) is 30.2 Å². The third-order valence-electron chi connectivity index (χ3n) is 11.1. The van der Waals surface area contributed by atoms with Crippen LogP contribution in [-0.4, -0.2) is 107 Å². The van der Waals surface area contributed by atoms with Crippen LogP contribution < -0.4 is 10.7 Å². The number of ether oxygens (including phenoxy) is 3. The Kier molecular flexibility index (Phi) is 13.1. The smallest absolute Gasteiger partial charge is 0.410 e. The molecule has 3 N–H and O–H groups in total. The van der Waals surface area contributed by atoms with Gasteiger partial charge in [-0.05, 0) is 95.7 Å². The van der Waals surface area contributed by atoms with Gasteiger partial charge < -0.3 is 38.9 Å². The van der Waals surface area contributed by atoms with E-state index >= 15 is 0 Å². The second kappa shape index (κ2) is 17.9. The molecule has 0 spiro atoms. The van der Waals surface area contributed by atoms with Crippen LogP contribution in [0.5, 0.6) is 5.75 Å². The third-order valence-corrected chi connectivity index (χ3v) is 11.1. The molecule has 3 atom stereocenters. The van der Waals surface area contributed by atoms with Gasteiger partial charge in [-0.2, -0.15) is 0 Å². The minimum Gasteiger partial charge on any atom is -0.508 e. The molecule has 1 saturated heterocycles. The zero-order valence-corrected chi connectivity index (χ0v) is 35.5. The Labute approximate surface area is 346 Å². The van der Waals surface area contributed by atoms with Gasteiger partial charge in [-0.1, -0.05) is 39.8 Å². The van der Waals surface area contributed by atoms with E-state index in [0.717, 1.165) is 50.7 Å². The Morgan fingerprint density at radius 1 is 1.14 bits per heavy atom. The van der Waals surface area contributed by atoms with Gasteiger partial charge in [0.2, 0.25) is 0 Å². The monoisotopic (exact) mass is 810 g/mol. The van der Waals surface area contributed by atoms with Gasteiger partial charge in [0.15, 0.2) is 6.10 Å². The number of pyridine rings is 1. The number of carbonyl (C=O) groups is 4. The molecule has 0 saturated carbocycles. The number of benzene rings is 2. The SMILES string of the molecule is CCn1c(-c2cnccc2COC)c2c3cc(ccc31)-c1cc(O)cc(c1)C[C@H](NC(=O)[C@@H](OC(=O)N(C)C)C(C)C)C(=O)N1CCCC(C=O)(COCC(C)(C)C2)N1. The molecule has 1 unspecified atom stereocenters. The number of phenolic OH excluding ortho intramolecular Hbond substituents is 1. The highest BCUT2D eigenvalue weighted by atomic mass is 16.6. The van der Waals surface area contributed by atoms with Gasteiger partial charge >= 0.3 is 6.09 Å². The maximum atomic E-state index is 14.5. The number of hydrazine groups is 1. The number of aromatic hydroxyl groups is 1. The van der Waals surface area contributed by atoms with E-state index in [9.17, 15) is 24.3 Å². The van der Waals surface area contributed by atoms with Crippen molar-refractivity contribution in [3.05, 3.63) is 71.5 Å². The molecule has 14 nitrogen and oxygen atoms in total. The van der Waals surface area contributed by atoms with Crippen molar-refractivity contribution in [2.45, 2.75) is 91.1 Å². The topological polar surface area (TPSA) is 165 Å². The fraction of sp³-hybridized carbons (Fsp3) is 0.489. The van der Waals surface area contributed by atoms with Crippen LogP contribution in [0.4, 0.5) is 4.79 Å². The van der Waals surface area contributed by atoms with Crippen LogP contribution in [0.15, 0.2) is 54.9 Å². The number of nitrogens with one attached hydrogen (secondary N) is 2. The summed E-state index contributed by atoms with van der Waals surface area (Å²) >= 11 is 0. The van der Waals surface area contributed by atoms with Gasteiger partial charge in [0.05, 0.1) is 25.5 Å². The first-order valence-corrected chi connectivity index (χ1v) is 20.3. The molecular formula is C45H58N6O8. The maximum absolute atomic E-state index is 14.5. The molecule has 59 heavy (non-hydrogen) atoms. The van der Waals surface area contributed by atoms with E-state index in [1.54, 1.807) is 39.3 Å². The summed E-state index contributed by atoms with van der Waals surface area (Å²) in [5, 5.41) is 16.5. The van der Waals surface area contributed by atoms with Crippen LogP contribution in [0.25, 0.3) is 33.3 Å². The van der Waals surface area contributed by atoms with Crippen LogP contribution in [0.1, 0.15) is 64.2 Å². The first-order chi connectivity index (χ1) is 28.1. The van der Waals surface area contributed by atoms with Crippen molar-refractivity contribution in [1.29, 1.82) is 0 Å². The van der Waals surface area contributed by atoms with Crippen molar-refractivity contribution in [3.8, 4) is 28.1 Å². The number of rotatable bonds is 9. The lowest BCUT2D eigenvalue weighted by atomic mass is 9.84. The van der Waals surface area contributed by atoms with E-state index in [-0.39, 0.29) is 25.3 Å². The van der Waals surface area contributed by atoms with Crippen molar-refractivity contribution in [2.24, 2.45) is 11.3 Å². The average Bonchev–Trinajstić information content (AvgIpc) is 3.50. The quantitative estimate of drug-likeness (QED) is 0.180. The molecule has 4 aromatic rings. The number of amides is 3. The minimum atomic E-state index is -1.20. The lowest BCUT2D eigenvalue weighted by molar-refractivity contribution is -0.148. The first-order valence-electron chi connectivity index (χ1n) is 20.3. The van der Waals surface area contributed by atoms with Gasteiger partial charge in [0.1, 0.15) is 23.6 Å². The van der Waals surface area contributed by atoms with Gasteiger partial charge in [-0.25, -0.2) is 10.2 Å². The molecule has 1 fully saturated rings. The van der Waals surface area contributed by atoms with Crippen molar-refractivity contribution in [2.75, 3.05) is 41.0 Å². The predicted octanol–water partition coefficient (Wildman–Crippen LogP) is 5.66. The predicted molar refractivity (Wildman–Crippen MR) is 224 cm³/mol. The van der Waals surface area contributed by atoms with E-state index in [4.69, 9.17) is 14.2 Å². The van der Waals surface area contributed by atoms with E-state index in [0.29, 0.717) is 44.6 Å². The summed E-state index contributed by atoms with van der Waals surface area (Å²) in [6.45, 7) is 11.6. The summed E-state index contributed by atoms with van der Waals surface area (Å²) in [6, 6.07) is 12.3. The Morgan fingerprint density at radius 2 is 1.92 bits per heavy atom. The normalized spacial score (nSPS) is 20.2. The molecule has 0 aliphatic carbocycles. The summed E-state index contributed by atoms with van der Waals surface area (Å²) in [5.41, 5.74) is 8.88.